The lowest BCUT2D eigenvalue weighted by Crippen LogP contribution is -2.45. The highest BCUT2D eigenvalue weighted by molar-refractivity contribution is 4.74. The Hall–Kier alpha value is -0.160. The van der Waals surface area contributed by atoms with Crippen LogP contribution in [0, 0.1) is 5.92 Å². The van der Waals surface area contributed by atoms with E-state index in [9.17, 15) is 0 Å². The van der Waals surface area contributed by atoms with Crippen LogP contribution in [-0.2, 0) is 14.2 Å². The van der Waals surface area contributed by atoms with E-state index in [1.54, 1.807) is 0 Å². The summed E-state index contributed by atoms with van der Waals surface area (Å²) >= 11 is 0. The van der Waals surface area contributed by atoms with Crippen LogP contribution in [0.2, 0.25) is 0 Å². The van der Waals surface area contributed by atoms with Gasteiger partial charge in [-0.15, -0.1) is 0 Å². The van der Waals surface area contributed by atoms with E-state index >= 15 is 0 Å². The minimum atomic E-state index is 0.154. The number of nitrogens with one attached hydrogen (secondary N) is 1. The Morgan fingerprint density at radius 1 is 1.23 bits per heavy atom. The molecule has 2 fully saturated rings. The van der Waals surface area contributed by atoms with Gasteiger partial charge in [0.2, 0.25) is 0 Å². The van der Waals surface area contributed by atoms with Crippen molar-refractivity contribution in [3.63, 3.8) is 0 Å². The van der Waals surface area contributed by atoms with Crippen molar-refractivity contribution in [1.82, 2.24) is 5.32 Å². The highest BCUT2D eigenvalue weighted by Gasteiger charge is 2.19. The fraction of sp³-hybridized carbons (Fsp3) is 1.00. The number of hydrogen-bond acceptors (Lipinski definition) is 4. The molecular weight excluding hydrogens is 170 g/mol. The van der Waals surface area contributed by atoms with E-state index in [1.165, 1.54) is 0 Å². The van der Waals surface area contributed by atoms with Gasteiger partial charge in [0.15, 0.2) is 0 Å². The van der Waals surface area contributed by atoms with Crippen molar-refractivity contribution < 1.29 is 14.2 Å². The van der Waals surface area contributed by atoms with Gasteiger partial charge in [0, 0.05) is 19.0 Å². The van der Waals surface area contributed by atoms with Crippen LogP contribution in [0.15, 0.2) is 0 Å². The van der Waals surface area contributed by atoms with Crippen molar-refractivity contribution in [3.05, 3.63) is 0 Å². The summed E-state index contributed by atoms with van der Waals surface area (Å²) in [4.78, 5) is 0. The van der Waals surface area contributed by atoms with E-state index in [0.29, 0.717) is 25.7 Å². The third-order valence-corrected chi connectivity index (χ3v) is 2.41. The number of hydrogen-bond donors (Lipinski definition) is 1. The Labute approximate surface area is 78.5 Å². The predicted molar refractivity (Wildman–Crippen MR) is 47.7 cm³/mol. The summed E-state index contributed by atoms with van der Waals surface area (Å²) in [5.41, 5.74) is 0. The molecule has 76 valence electrons. The van der Waals surface area contributed by atoms with Gasteiger partial charge in [-0.05, 0) is 0 Å². The van der Waals surface area contributed by atoms with E-state index < -0.39 is 0 Å². The topological polar surface area (TPSA) is 39.7 Å². The molecule has 4 nitrogen and oxygen atoms in total. The van der Waals surface area contributed by atoms with Crippen LogP contribution < -0.4 is 5.32 Å². The van der Waals surface area contributed by atoms with Crippen LogP contribution >= 0.6 is 0 Å². The second-order valence-electron chi connectivity index (χ2n) is 3.63. The molecule has 0 spiro atoms. The first kappa shape index (κ1) is 9.40. The van der Waals surface area contributed by atoms with Gasteiger partial charge in [0.1, 0.15) is 6.10 Å². The second kappa shape index (κ2) is 4.91. The Morgan fingerprint density at radius 3 is 2.77 bits per heavy atom. The summed E-state index contributed by atoms with van der Waals surface area (Å²) < 4.78 is 16.2. The number of ether oxygens (including phenoxy) is 3. The Bertz CT molecular complexity index is 144. The van der Waals surface area contributed by atoms with Gasteiger partial charge >= 0.3 is 0 Å². The molecule has 0 aromatic rings. The van der Waals surface area contributed by atoms with E-state index in [1.807, 2.05) is 0 Å². The fourth-order valence-corrected chi connectivity index (χ4v) is 1.47. The van der Waals surface area contributed by atoms with E-state index in [4.69, 9.17) is 14.2 Å². The quantitative estimate of drug-likeness (QED) is 0.652. The van der Waals surface area contributed by atoms with Gasteiger partial charge in [-0.1, -0.05) is 0 Å². The Balaban J connectivity index is 1.50. The molecule has 2 saturated heterocycles. The molecule has 1 N–H and O–H groups in total. The maximum absolute atomic E-state index is 5.53. The molecule has 1 atom stereocenters. The molecule has 0 radical (unpaired) electrons. The molecule has 0 aromatic heterocycles. The summed E-state index contributed by atoms with van der Waals surface area (Å²) in [6.45, 7) is 5.85. The minimum absolute atomic E-state index is 0.154. The molecule has 0 unspecified atom stereocenters. The highest BCUT2D eigenvalue weighted by atomic mass is 16.6. The maximum Gasteiger partial charge on any atom is 0.104 e. The van der Waals surface area contributed by atoms with Crippen LogP contribution in [0.1, 0.15) is 0 Å². The largest absolute Gasteiger partial charge is 0.378 e. The SMILES string of the molecule is C1CO[C@H](COCC2CNC2)CO1. The predicted octanol–water partition coefficient (Wildman–Crippen LogP) is -0.362. The molecule has 4 heteroatoms. The first-order valence-electron chi connectivity index (χ1n) is 4.93. The van der Waals surface area contributed by atoms with Crippen LogP contribution in [0.25, 0.3) is 0 Å². The average molecular weight is 187 g/mol. The van der Waals surface area contributed by atoms with Crippen molar-refractivity contribution >= 4 is 0 Å². The molecule has 13 heavy (non-hydrogen) atoms. The average Bonchev–Trinajstić information content (AvgIpc) is 2.11. The molecule has 0 amide bonds. The molecule has 0 saturated carbocycles. The van der Waals surface area contributed by atoms with Crippen molar-refractivity contribution in [2.45, 2.75) is 6.10 Å². The Kier molecular flexibility index (Phi) is 3.55. The van der Waals surface area contributed by atoms with Crippen molar-refractivity contribution in [3.8, 4) is 0 Å². The van der Waals surface area contributed by atoms with Crippen LogP contribution in [0.3, 0.4) is 0 Å². The molecule has 2 rings (SSSR count). The summed E-state index contributed by atoms with van der Waals surface area (Å²) in [6.07, 6.45) is 0.154. The van der Waals surface area contributed by atoms with Gasteiger partial charge in [-0.2, -0.15) is 0 Å². The second-order valence-corrected chi connectivity index (χ2v) is 3.63. The van der Waals surface area contributed by atoms with Gasteiger partial charge < -0.3 is 19.5 Å². The van der Waals surface area contributed by atoms with Gasteiger partial charge in [-0.3, -0.25) is 0 Å². The van der Waals surface area contributed by atoms with E-state index in [0.717, 1.165) is 26.3 Å². The third kappa shape index (κ3) is 2.91. The zero-order valence-electron chi connectivity index (χ0n) is 7.83. The first-order chi connectivity index (χ1) is 6.45. The minimum Gasteiger partial charge on any atom is -0.378 e. The summed E-state index contributed by atoms with van der Waals surface area (Å²) in [6, 6.07) is 0. The molecule has 2 aliphatic rings. The van der Waals surface area contributed by atoms with Gasteiger partial charge in [0.25, 0.3) is 0 Å². The zero-order valence-corrected chi connectivity index (χ0v) is 7.83. The summed E-state index contributed by atoms with van der Waals surface area (Å²) in [7, 11) is 0. The lowest BCUT2D eigenvalue weighted by Gasteiger charge is -2.28. The van der Waals surface area contributed by atoms with Crippen LogP contribution in [0.5, 0.6) is 0 Å². The van der Waals surface area contributed by atoms with Crippen LogP contribution in [0.4, 0.5) is 0 Å². The molecule has 0 bridgehead atoms. The van der Waals surface area contributed by atoms with E-state index in [2.05, 4.69) is 5.32 Å². The van der Waals surface area contributed by atoms with Crippen molar-refractivity contribution in [2.24, 2.45) is 5.92 Å². The molecular formula is C9H17NO3. The lowest BCUT2D eigenvalue weighted by atomic mass is 10.1. The van der Waals surface area contributed by atoms with Crippen LogP contribution in [-0.4, -0.2) is 52.2 Å². The standard InChI is InChI=1S/C9H17NO3/c1-2-13-9(6-11-1)7-12-5-8-3-10-4-8/h8-10H,1-7H2/t9-/m0/s1. The molecule has 0 aromatic carbocycles. The molecule has 2 aliphatic heterocycles. The van der Waals surface area contributed by atoms with Crippen molar-refractivity contribution in [1.29, 1.82) is 0 Å². The summed E-state index contributed by atoms with van der Waals surface area (Å²) in [5, 5.41) is 3.21. The van der Waals surface area contributed by atoms with E-state index in [-0.39, 0.29) is 6.10 Å². The maximum atomic E-state index is 5.53. The first-order valence-corrected chi connectivity index (χ1v) is 4.93. The molecule has 0 aliphatic carbocycles. The van der Waals surface area contributed by atoms with Crippen molar-refractivity contribution in [2.75, 3.05) is 46.1 Å². The highest BCUT2D eigenvalue weighted by Crippen LogP contribution is 2.05. The summed E-state index contributed by atoms with van der Waals surface area (Å²) in [5.74, 6) is 0.713. The normalized spacial score (nSPS) is 30.0. The lowest BCUT2D eigenvalue weighted by molar-refractivity contribution is -0.118. The monoisotopic (exact) mass is 187 g/mol. The zero-order chi connectivity index (χ0) is 8.93. The fourth-order valence-electron chi connectivity index (χ4n) is 1.47. The smallest absolute Gasteiger partial charge is 0.104 e. The van der Waals surface area contributed by atoms with Gasteiger partial charge in [-0.25, -0.2) is 0 Å². The number of rotatable bonds is 4. The third-order valence-electron chi connectivity index (χ3n) is 2.41. The molecule has 2 heterocycles. The van der Waals surface area contributed by atoms with Gasteiger partial charge in [0.05, 0.1) is 33.0 Å². The Morgan fingerprint density at radius 2 is 2.15 bits per heavy atom.